The van der Waals surface area contributed by atoms with Crippen LogP contribution in [-0.4, -0.2) is 20.9 Å². The van der Waals surface area contributed by atoms with Crippen LogP contribution in [-0.2, 0) is 27.8 Å². The smallest absolute Gasteiger partial charge is 0.239 e. The molecule has 0 atom stereocenters. The molecule has 2 aromatic rings. The fourth-order valence-electron chi connectivity index (χ4n) is 2.10. The minimum Gasteiger partial charge on any atom is -0.376 e. The average molecular weight is 347 g/mol. The Balaban J connectivity index is 1.80. The Kier molecular flexibility index (Phi) is 5.94. The van der Waals surface area contributed by atoms with Crippen molar-refractivity contribution in [3.8, 4) is 0 Å². The van der Waals surface area contributed by atoms with Crippen molar-refractivity contribution in [2.75, 3.05) is 11.9 Å². The van der Waals surface area contributed by atoms with E-state index in [1.54, 1.807) is 12.1 Å². The first-order valence-electron chi connectivity index (χ1n) is 7.59. The first-order valence-corrected chi connectivity index (χ1v) is 9.14. The van der Waals surface area contributed by atoms with Crippen molar-refractivity contribution in [1.82, 2.24) is 5.32 Å². The molecular weight excluding hydrogens is 326 g/mol. The average Bonchev–Trinajstić information content (AvgIpc) is 2.58. The van der Waals surface area contributed by atoms with Gasteiger partial charge in [0.1, 0.15) is 0 Å². The number of aryl methyl sites for hydroxylation is 1. The number of carbonyl (C=O) groups is 1. The molecule has 7 heteroatoms. The van der Waals surface area contributed by atoms with Crippen LogP contribution in [0.3, 0.4) is 0 Å². The fourth-order valence-corrected chi connectivity index (χ4v) is 2.62. The molecule has 24 heavy (non-hydrogen) atoms. The molecule has 0 aromatic heterocycles. The van der Waals surface area contributed by atoms with Crippen LogP contribution in [0.4, 0.5) is 5.69 Å². The number of rotatable bonds is 7. The molecule has 0 fully saturated rings. The van der Waals surface area contributed by atoms with Gasteiger partial charge in [0.25, 0.3) is 0 Å². The standard InChI is InChI=1S/C17H21N3O3S/c1-2-13-3-7-15(8-4-13)19-12-17(21)20-11-14-5-9-16(10-6-14)24(18,22)23/h3-10,19H,2,11-12H2,1H3,(H,20,21)(H2,18,22,23). The molecule has 0 heterocycles. The molecule has 0 saturated heterocycles. The number of hydrogen-bond donors (Lipinski definition) is 3. The van der Waals surface area contributed by atoms with Crippen LogP contribution in [0.25, 0.3) is 0 Å². The van der Waals surface area contributed by atoms with Crippen LogP contribution in [0.2, 0.25) is 0 Å². The minimum absolute atomic E-state index is 0.0507. The van der Waals surface area contributed by atoms with Crippen molar-refractivity contribution in [3.63, 3.8) is 0 Å². The Hall–Kier alpha value is -2.38. The molecule has 6 nitrogen and oxygen atoms in total. The number of sulfonamides is 1. The highest BCUT2D eigenvalue weighted by atomic mass is 32.2. The summed E-state index contributed by atoms with van der Waals surface area (Å²) in [4.78, 5) is 11.9. The van der Waals surface area contributed by atoms with Gasteiger partial charge in [0, 0.05) is 12.2 Å². The topological polar surface area (TPSA) is 101 Å². The fraction of sp³-hybridized carbons (Fsp3) is 0.235. The predicted octanol–water partition coefficient (Wildman–Crippen LogP) is 1.62. The minimum atomic E-state index is -3.69. The zero-order chi connectivity index (χ0) is 17.6. The molecule has 0 aliphatic rings. The van der Waals surface area contributed by atoms with Crippen LogP contribution in [0.5, 0.6) is 0 Å². The number of hydrogen-bond acceptors (Lipinski definition) is 4. The van der Waals surface area contributed by atoms with E-state index < -0.39 is 10.0 Å². The van der Waals surface area contributed by atoms with E-state index >= 15 is 0 Å². The van der Waals surface area contributed by atoms with Gasteiger partial charge in [-0.3, -0.25) is 4.79 Å². The molecule has 0 radical (unpaired) electrons. The number of nitrogens with one attached hydrogen (secondary N) is 2. The maximum Gasteiger partial charge on any atom is 0.239 e. The van der Waals surface area contributed by atoms with Crippen molar-refractivity contribution in [1.29, 1.82) is 0 Å². The van der Waals surface area contributed by atoms with Gasteiger partial charge >= 0.3 is 0 Å². The van der Waals surface area contributed by atoms with E-state index in [1.807, 2.05) is 24.3 Å². The highest BCUT2D eigenvalue weighted by molar-refractivity contribution is 7.89. The van der Waals surface area contributed by atoms with Crippen molar-refractivity contribution < 1.29 is 13.2 Å². The molecule has 0 unspecified atom stereocenters. The Morgan fingerprint density at radius 1 is 1.00 bits per heavy atom. The number of amides is 1. The van der Waals surface area contributed by atoms with Gasteiger partial charge in [-0.25, -0.2) is 13.6 Å². The summed E-state index contributed by atoms with van der Waals surface area (Å²) in [5.41, 5.74) is 2.93. The third kappa shape index (κ3) is 5.36. The highest BCUT2D eigenvalue weighted by Crippen LogP contribution is 2.10. The van der Waals surface area contributed by atoms with E-state index in [0.717, 1.165) is 17.7 Å². The van der Waals surface area contributed by atoms with Gasteiger partial charge in [-0.05, 0) is 41.8 Å². The molecule has 2 aromatic carbocycles. The summed E-state index contributed by atoms with van der Waals surface area (Å²) >= 11 is 0. The lowest BCUT2D eigenvalue weighted by Crippen LogP contribution is -2.29. The van der Waals surface area contributed by atoms with E-state index in [-0.39, 0.29) is 17.3 Å². The zero-order valence-electron chi connectivity index (χ0n) is 13.5. The largest absolute Gasteiger partial charge is 0.376 e. The summed E-state index contributed by atoms with van der Waals surface area (Å²) in [6, 6.07) is 14.0. The van der Waals surface area contributed by atoms with Crippen LogP contribution in [0.1, 0.15) is 18.1 Å². The lowest BCUT2D eigenvalue weighted by Gasteiger charge is -2.09. The quantitative estimate of drug-likeness (QED) is 0.708. The monoisotopic (exact) mass is 347 g/mol. The second-order valence-corrected chi connectivity index (χ2v) is 6.93. The number of carbonyl (C=O) groups excluding carboxylic acids is 1. The van der Waals surface area contributed by atoms with E-state index in [2.05, 4.69) is 17.6 Å². The molecule has 1 amide bonds. The molecule has 0 saturated carbocycles. The van der Waals surface area contributed by atoms with Crippen molar-refractivity contribution in [2.24, 2.45) is 5.14 Å². The number of nitrogens with two attached hydrogens (primary N) is 1. The lowest BCUT2D eigenvalue weighted by molar-refractivity contribution is -0.119. The van der Waals surface area contributed by atoms with Gasteiger partial charge in [0.15, 0.2) is 0 Å². The molecular formula is C17H21N3O3S. The van der Waals surface area contributed by atoms with Crippen molar-refractivity contribution in [2.45, 2.75) is 24.8 Å². The van der Waals surface area contributed by atoms with Crippen molar-refractivity contribution >= 4 is 21.6 Å². The van der Waals surface area contributed by atoms with Crippen LogP contribution < -0.4 is 15.8 Å². The van der Waals surface area contributed by atoms with Crippen molar-refractivity contribution in [3.05, 3.63) is 59.7 Å². The second kappa shape index (κ2) is 7.94. The Labute approximate surface area is 142 Å². The Bertz CT molecular complexity index is 785. The van der Waals surface area contributed by atoms with Gasteiger partial charge in [-0.2, -0.15) is 0 Å². The normalized spacial score (nSPS) is 11.1. The summed E-state index contributed by atoms with van der Waals surface area (Å²) in [6.45, 7) is 2.58. The Morgan fingerprint density at radius 3 is 2.12 bits per heavy atom. The van der Waals surface area contributed by atoms with Crippen LogP contribution in [0, 0.1) is 0 Å². The maximum absolute atomic E-state index is 11.8. The molecule has 0 aliphatic carbocycles. The van der Waals surface area contributed by atoms with Gasteiger partial charge < -0.3 is 10.6 Å². The summed E-state index contributed by atoms with van der Waals surface area (Å²) < 4.78 is 22.3. The van der Waals surface area contributed by atoms with E-state index in [4.69, 9.17) is 5.14 Å². The van der Waals surface area contributed by atoms with E-state index in [9.17, 15) is 13.2 Å². The summed E-state index contributed by atoms with van der Waals surface area (Å²) in [6.07, 6.45) is 0.977. The van der Waals surface area contributed by atoms with Gasteiger partial charge in [-0.15, -0.1) is 0 Å². The highest BCUT2D eigenvalue weighted by Gasteiger charge is 2.07. The maximum atomic E-state index is 11.8. The van der Waals surface area contributed by atoms with Crippen LogP contribution in [0.15, 0.2) is 53.4 Å². The number of anilines is 1. The molecule has 0 aliphatic heterocycles. The van der Waals surface area contributed by atoms with E-state index in [0.29, 0.717) is 6.54 Å². The van der Waals surface area contributed by atoms with Gasteiger partial charge in [0.2, 0.25) is 15.9 Å². The molecule has 128 valence electrons. The number of benzene rings is 2. The summed E-state index contributed by atoms with van der Waals surface area (Å²) in [5.74, 6) is -0.148. The predicted molar refractivity (Wildman–Crippen MR) is 94.0 cm³/mol. The summed E-state index contributed by atoms with van der Waals surface area (Å²) in [5, 5.41) is 10.9. The molecule has 0 bridgehead atoms. The first-order chi connectivity index (χ1) is 11.4. The Morgan fingerprint density at radius 2 is 1.58 bits per heavy atom. The van der Waals surface area contributed by atoms with E-state index in [1.165, 1.54) is 17.7 Å². The summed E-state index contributed by atoms with van der Waals surface area (Å²) in [7, 11) is -3.69. The third-order valence-electron chi connectivity index (χ3n) is 3.56. The SMILES string of the molecule is CCc1ccc(NCC(=O)NCc2ccc(S(N)(=O)=O)cc2)cc1. The van der Waals surface area contributed by atoms with Gasteiger partial charge in [-0.1, -0.05) is 31.2 Å². The second-order valence-electron chi connectivity index (χ2n) is 5.37. The van der Waals surface area contributed by atoms with Gasteiger partial charge in [0.05, 0.1) is 11.4 Å². The third-order valence-corrected chi connectivity index (χ3v) is 4.49. The first kappa shape index (κ1) is 18.0. The zero-order valence-corrected chi connectivity index (χ0v) is 14.3. The molecule has 2 rings (SSSR count). The number of primary sulfonamides is 1. The molecule has 0 spiro atoms. The lowest BCUT2D eigenvalue weighted by atomic mass is 10.1. The van der Waals surface area contributed by atoms with Crippen LogP contribution >= 0.6 is 0 Å². The molecule has 4 N–H and O–H groups in total.